The number of para-hydroxylation sites is 2. The Morgan fingerprint density at radius 1 is 1.24 bits per heavy atom. The number of rotatable bonds is 4. The van der Waals surface area contributed by atoms with Crippen LogP contribution < -0.4 is 0 Å². The van der Waals surface area contributed by atoms with Gasteiger partial charge < -0.3 is 10.1 Å². The molecular formula is C15H13N3O3. The van der Waals surface area contributed by atoms with E-state index in [1.54, 1.807) is 12.1 Å². The highest BCUT2D eigenvalue weighted by atomic mass is 16.6. The van der Waals surface area contributed by atoms with E-state index in [0.717, 1.165) is 11.0 Å². The van der Waals surface area contributed by atoms with Crippen LogP contribution in [-0.2, 0) is 6.42 Å². The third kappa shape index (κ3) is 2.75. The smallest absolute Gasteiger partial charge is 0.269 e. The van der Waals surface area contributed by atoms with E-state index >= 15 is 0 Å². The number of nitro benzene ring substituents is 1. The van der Waals surface area contributed by atoms with Crippen LogP contribution in [0.3, 0.4) is 0 Å². The summed E-state index contributed by atoms with van der Waals surface area (Å²) in [5.41, 5.74) is 2.21. The number of nitrogens with one attached hydrogen (secondary N) is 1. The van der Waals surface area contributed by atoms with Crippen LogP contribution in [0.15, 0.2) is 48.5 Å². The first-order valence-electron chi connectivity index (χ1n) is 6.49. The molecule has 2 N–H and O–H groups in total. The summed E-state index contributed by atoms with van der Waals surface area (Å²) in [5.74, 6) is 0.648. The van der Waals surface area contributed by atoms with Gasteiger partial charge in [0, 0.05) is 18.6 Å². The number of H-pyrrole nitrogens is 1. The number of hydrogen-bond acceptors (Lipinski definition) is 4. The Kier molecular flexibility index (Phi) is 3.37. The molecule has 0 spiro atoms. The molecule has 6 nitrogen and oxygen atoms in total. The van der Waals surface area contributed by atoms with E-state index in [9.17, 15) is 15.2 Å². The van der Waals surface area contributed by atoms with E-state index in [1.165, 1.54) is 12.1 Å². The van der Waals surface area contributed by atoms with Crippen molar-refractivity contribution in [3.63, 3.8) is 0 Å². The van der Waals surface area contributed by atoms with Crippen molar-refractivity contribution in [3.05, 3.63) is 70.0 Å². The van der Waals surface area contributed by atoms with Gasteiger partial charge in [-0.15, -0.1) is 0 Å². The monoisotopic (exact) mass is 283 g/mol. The molecule has 0 aliphatic rings. The molecule has 3 aromatic rings. The fourth-order valence-electron chi connectivity index (χ4n) is 2.25. The number of aromatic amines is 1. The Morgan fingerprint density at radius 3 is 2.81 bits per heavy atom. The lowest BCUT2D eigenvalue weighted by atomic mass is 10.1. The van der Waals surface area contributed by atoms with Crippen LogP contribution in [0.2, 0.25) is 0 Å². The third-order valence-corrected chi connectivity index (χ3v) is 3.29. The zero-order valence-corrected chi connectivity index (χ0v) is 11.1. The molecule has 0 aliphatic heterocycles. The van der Waals surface area contributed by atoms with Crippen LogP contribution in [0.1, 0.15) is 17.5 Å². The molecule has 1 heterocycles. The number of nitro groups is 1. The molecule has 6 heteroatoms. The lowest BCUT2D eigenvalue weighted by Crippen LogP contribution is -2.03. The molecule has 2 aromatic carbocycles. The van der Waals surface area contributed by atoms with Gasteiger partial charge in [0.1, 0.15) is 5.82 Å². The van der Waals surface area contributed by atoms with E-state index in [2.05, 4.69) is 9.97 Å². The number of imidazole rings is 1. The molecule has 0 aliphatic carbocycles. The second-order valence-corrected chi connectivity index (χ2v) is 4.77. The molecule has 1 atom stereocenters. The molecule has 0 fully saturated rings. The minimum absolute atomic E-state index is 0.0313. The summed E-state index contributed by atoms with van der Waals surface area (Å²) in [6.45, 7) is 0. The summed E-state index contributed by atoms with van der Waals surface area (Å²) in [5, 5.41) is 21.0. The lowest BCUT2D eigenvalue weighted by molar-refractivity contribution is -0.385. The lowest BCUT2D eigenvalue weighted by Gasteiger charge is -2.08. The largest absolute Gasteiger partial charge is 0.388 e. The number of nitrogens with zero attached hydrogens (tertiary/aromatic N) is 2. The van der Waals surface area contributed by atoms with E-state index < -0.39 is 11.0 Å². The van der Waals surface area contributed by atoms with E-state index in [4.69, 9.17) is 0 Å². The minimum atomic E-state index is -0.842. The number of benzene rings is 2. The van der Waals surface area contributed by atoms with Crippen molar-refractivity contribution in [2.24, 2.45) is 0 Å². The summed E-state index contributed by atoms with van der Waals surface area (Å²) < 4.78 is 0. The maximum Gasteiger partial charge on any atom is 0.269 e. The van der Waals surface area contributed by atoms with Crippen LogP contribution in [0, 0.1) is 10.1 Å². The number of aliphatic hydroxyl groups excluding tert-OH is 1. The fourth-order valence-corrected chi connectivity index (χ4v) is 2.25. The molecule has 21 heavy (non-hydrogen) atoms. The molecule has 106 valence electrons. The molecule has 0 unspecified atom stereocenters. The summed E-state index contributed by atoms with van der Waals surface area (Å²) in [6, 6.07) is 13.6. The molecule has 0 bridgehead atoms. The Labute approximate surface area is 120 Å². The average molecular weight is 283 g/mol. The van der Waals surface area contributed by atoms with Gasteiger partial charge in [-0.05, 0) is 17.7 Å². The second-order valence-electron chi connectivity index (χ2n) is 4.77. The maximum absolute atomic E-state index is 10.8. The standard InChI is InChI=1S/C15H13N3O3/c19-14(10-4-3-5-11(8-10)18(20)21)9-15-16-12-6-1-2-7-13(12)17-15/h1-8,14,19H,9H2,(H,16,17)/t14-/m0/s1. The summed E-state index contributed by atoms with van der Waals surface area (Å²) in [4.78, 5) is 17.8. The molecule has 0 saturated heterocycles. The number of aliphatic hydroxyl groups is 1. The van der Waals surface area contributed by atoms with Crippen LogP contribution in [-0.4, -0.2) is 20.0 Å². The van der Waals surface area contributed by atoms with E-state index in [1.807, 2.05) is 24.3 Å². The first-order valence-corrected chi connectivity index (χ1v) is 6.49. The van der Waals surface area contributed by atoms with Crippen molar-refractivity contribution in [2.75, 3.05) is 0 Å². The summed E-state index contributed by atoms with van der Waals surface area (Å²) in [7, 11) is 0. The van der Waals surface area contributed by atoms with E-state index in [-0.39, 0.29) is 12.1 Å². The second kappa shape index (κ2) is 5.34. The molecule has 3 rings (SSSR count). The van der Waals surface area contributed by atoms with Crippen LogP contribution in [0.5, 0.6) is 0 Å². The predicted octanol–water partition coefficient (Wildman–Crippen LogP) is 2.75. The van der Waals surface area contributed by atoms with Crippen molar-refractivity contribution < 1.29 is 10.0 Å². The Bertz CT molecular complexity index is 764. The van der Waals surface area contributed by atoms with Crippen LogP contribution in [0.4, 0.5) is 5.69 Å². The zero-order valence-electron chi connectivity index (χ0n) is 11.1. The van der Waals surface area contributed by atoms with Gasteiger partial charge in [-0.1, -0.05) is 24.3 Å². The van der Waals surface area contributed by atoms with Gasteiger partial charge in [-0.2, -0.15) is 0 Å². The Hall–Kier alpha value is -2.73. The Balaban J connectivity index is 1.83. The number of non-ortho nitro benzene ring substituents is 1. The fraction of sp³-hybridized carbons (Fsp3) is 0.133. The molecular weight excluding hydrogens is 270 g/mol. The highest BCUT2D eigenvalue weighted by molar-refractivity contribution is 5.74. The van der Waals surface area contributed by atoms with Crippen LogP contribution in [0.25, 0.3) is 11.0 Å². The number of aromatic nitrogens is 2. The van der Waals surface area contributed by atoms with Gasteiger partial charge in [-0.25, -0.2) is 4.98 Å². The van der Waals surface area contributed by atoms with E-state index in [0.29, 0.717) is 11.4 Å². The van der Waals surface area contributed by atoms with Gasteiger partial charge in [0.15, 0.2) is 0 Å². The first-order chi connectivity index (χ1) is 10.1. The third-order valence-electron chi connectivity index (χ3n) is 3.29. The van der Waals surface area contributed by atoms with Gasteiger partial charge >= 0.3 is 0 Å². The van der Waals surface area contributed by atoms with Crippen LogP contribution >= 0.6 is 0 Å². The van der Waals surface area contributed by atoms with Gasteiger partial charge in [0.05, 0.1) is 22.1 Å². The normalized spacial score (nSPS) is 12.4. The van der Waals surface area contributed by atoms with Gasteiger partial charge in [-0.3, -0.25) is 10.1 Å². The number of fused-ring (bicyclic) bond motifs is 1. The summed E-state index contributed by atoms with van der Waals surface area (Å²) in [6.07, 6.45) is -0.569. The quantitative estimate of drug-likeness (QED) is 0.569. The number of hydrogen-bond donors (Lipinski definition) is 2. The summed E-state index contributed by atoms with van der Waals surface area (Å²) >= 11 is 0. The Morgan fingerprint density at radius 2 is 2.05 bits per heavy atom. The first kappa shape index (κ1) is 13.3. The van der Waals surface area contributed by atoms with Crippen molar-refractivity contribution >= 4 is 16.7 Å². The topological polar surface area (TPSA) is 92.1 Å². The average Bonchev–Trinajstić information content (AvgIpc) is 2.89. The molecule has 0 amide bonds. The van der Waals surface area contributed by atoms with Crippen molar-refractivity contribution in [2.45, 2.75) is 12.5 Å². The highest BCUT2D eigenvalue weighted by Gasteiger charge is 2.14. The SMILES string of the molecule is O=[N+]([O-])c1cccc([C@@H](O)Cc2nc3ccccc3[nH]2)c1. The van der Waals surface area contributed by atoms with Crippen molar-refractivity contribution in [1.82, 2.24) is 9.97 Å². The van der Waals surface area contributed by atoms with Gasteiger partial charge in [0.25, 0.3) is 5.69 Å². The van der Waals surface area contributed by atoms with Gasteiger partial charge in [0.2, 0.25) is 0 Å². The highest BCUT2D eigenvalue weighted by Crippen LogP contribution is 2.22. The predicted molar refractivity (Wildman–Crippen MR) is 77.9 cm³/mol. The zero-order chi connectivity index (χ0) is 14.8. The minimum Gasteiger partial charge on any atom is -0.388 e. The molecule has 1 aromatic heterocycles. The van der Waals surface area contributed by atoms with Crippen molar-refractivity contribution in [1.29, 1.82) is 0 Å². The molecule has 0 saturated carbocycles. The molecule has 0 radical (unpaired) electrons. The maximum atomic E-state index is 10.8. The van der Waals surface area contributed by atoms with Crippen molar-refractivity contribution in [3.8, 4) is 0 Å².